The summed E-state index contributed by atoms with van der Waals surface area (Å²) < 4.78 is 39.5. The van der Waals surface area contributed by atoms with E-state index in [1.807, 2.05) is 0 Å². The molecule has 0 heterocycles. The summed E-state index contributed by atoms with van der Waals surface area (Å²) in [4.78, 5) is 12.3. The molecule has 0 aliphatic heterocycles. The van der Waals surface area contributed by atoms with Crippen molar-refractivity contribution in [2.75, 3.05) is 22.5 Å². The number of hydrogen-bond donors (Lipinski definition) is 5. The molecule has 25 heavy (non-hydrogen) atoms. The topological polar surface area (TPSA) is 131 Å². The lowest BCUT2D eigenvalue weighted by Crippen LogP contribution is -2.20. The Hall–Kier alpha value is -3.23. The van der Waals surface area contributed by atoms with Crippen LogP contribution in [0.4, 0.5) is 35.9 Å². The van der Waals surface area contributed by atoms with Gasteiger partial charge in [0.2, 0.25) is 0 Å². The predicted octanol–water partition coefficient (Wildman–Crippen LogP) is 3.09. The van der Waals surface area contributed by atoms with E-state index in [-0.39, 0.29) is 22.8 Å². The molecular formula is C16H16F3N5O. The molecule has 2 rings (SSSR count). The number of nitrogens with one attached hydrogen (secondary N) is 2. The third-order valence-corrected chi connectivity index (χ3v) is 3.49. The molecule has 132 valence electrons. The van der Waals surface area contributed by atoms with Crippen LogP contribution in [0.3, 0.4) is 0 Å². The number of anilines is 4. The zero-order valence-corrected chi connectivity index (χ0v) is 13.2. The van der Waals surface area contributed by atoms with E-state index in [9.17, 15) is 18.0 Å². The van der Waals surface area contributed by atoms with E-state index in [0.717, 1.165) is 6.07 Å². The first kappa shape index (κ1) is 18.1. The molecule has 0 radical (unpaired) electrons. The van der Waals surface area contributed by atoms with E-state index in [4.69, 9.17) is 22.6 Å². The second-order valence-corrected chi connectivity index (χ2v) is 5.41. The quantitative estimate of drug-likeness (QED) is 0.429. The van der Waals surface area contributed by atoms with Gasteiger partial charge in [-0.1, -0.05) is 0 Å². The molecule has 2 aromatic rings. The number of benzene rings is 2. The summed E-state index contributed by atoms with van der Waals surface area (Å²) in [6, 6.07) is 5.79. The molecule has 1 amide bonds. The van der Waals surface area contributed by atoms with Crippen molar-refractivity contribution in [2.45, 2.75) is 13.1 Å². The largest absolute Gasteiger partial charge is 0.417 e. The fourth-order valence-corrected chi connectivity index (χ4v) is 2.21. The second-order valence-electron chi connectivity index (χ2n) is 5.41. The van der Waals surface area contributed by atoms with Crippen LogP contribution in [0.15, 0.2) is 30.3 Å². The molecule has 0 spiro atoms. The van der Waals surface area contributed by atoms with E-state index < -0.39 is 23.2 Å². The zero-order chi connectivity index (χ0) is 18.9. The Bertz CT molecular complexity index is 862. The first-order valence-electron chi connectivity index (χ1n) is 7.03. The van der Waals surface area contributed by atoms with Crippen molar-refractivity contribution in [3.8, 4) is 0 Å². The van der Waals surface area contributed by atoms with E-state index in [0.29, 0.717) is 17.3 Å². The summed E-state index contributed by atoms with van der Waals surface area (Å²) in [5.74, 6) is -1.00. The summed E-state index contributed by atoms with van der Waals surface area (Å²) >= 11 is 0. The van der Waals surface area contributed by atoms with Crippen molar-refractivity contribution in [2.24, 2.45) is 0 Å². The van der Waals surface area contributed by atoms with Gasteiger partial charge in [-0.3, -0.25) is 4.79 Å². The number of halogens is 3. The summed E-state index contributed by atoms with van der Waals surface area (Å²) in [5.41, 5.74) is 15.5. The Morgan fingerprint density at radius 2 is 1.60 bits per heavy atom. The van der Waals surface area contributed by atoms with Gasteiger partial charge in [0.25, 0.3) is 5.91 Å². The van der Waals surface area contributed by atoms with Gasteiger partial charge in [0.15, 0.2) is 0 Å². The second kappa shape index (κ2) is 6.34. The Morgan fingerprint density at radius 1 is 1.00 bits per heavy atom. The number of carbonyl (C=O) groups is 1. The van der Waals surface area contributed by atoms with Crippen molar-refractivity contribution >= 4 is 34.4 Å². The van der Waals surface area contributed by atoms with Gasteiger partial charge in [0, 0.05) is 22.6 Å². The van der Waals surface area contributed by atoms with Crippen LogP contribution in [0.1, 0.15) is 28.4 Å². The number of hydrogen-bond acceptors (Lipinski definition) is 5. The molecule has 6 nitrogen and oxygen atoms in total. The Kier molecular flexibility index (Phi) is 4.60. The average Bonchev–Trinajstić information content (AvgIpc) is 2.50. The van der Waals surface area contributed by atoms with E-state index in [1.165, 1.54) is 25.1 Å². The molecule has 0 bridgehead atoms. The minimum Gasteiger partial charge on any atom is -0.398 e. The molecule has 0 atom stereocenters. The van der Waals surface area contributed by atoms with Crippen LogP contribution in [0, 0.1) is 5.41 Å². The number of carbonyl (C=O) groups excluding carboxylic acids is 1. The normalized spacial score (nSPS) is 11.2. The lowest BCUT2D eigenvalue weighted by atomic mass is 10.0. The van der Waals surface area contributed by atoms with E-state index >= 15 is 0 Å². The monoisotopic (exact) mass is 351 g/mol. The highest BCUT2D eigenvalue weighted by molar-refractivity contribution is 6.08. The van der Waals surface area contributed by atoms with Crippen LogP contribution >= 0.6 is 0 Å². The van der Waals surface area contributed by atoms with Gasteiger partial charge in [-0.15, -0.1) is 0 Å². The molecule has 8 N–H and O–H groups in total. The Labute approximate surface area is 141 Å². The molecule has 0 saturated carbocycles. The van der Waals surface area contributed by atoms with Gasteiger partial charge in [-0.25, -0.2) is 0 Å². The summed E-state index contributed by atoms with van der Waals surface area (Å²) in [5, 5.41) is 9.97. The van der Waals surface area contributed by atoms with Crippen LogP contribution in [0.25, 0.3) is 0 Å². The SMILES string of the molecule is CC(=N)c1cc(NC(=O)c2cc(N)c(N)cc2C(F)(F)F)ccc1N. The van der Waals surface area contributed by atoms with Crippen LogP contribution < -0.4 is 22.5 Å². The first-order chi connectivity index (χ1) is 11.5. The minimum atomic E-state index is -4.77. The molecular weight excluding hydrogens is 335 g/mol. The molecule has 0 unspecified atom stereocenters. The van der Waals surface area contributed by atoms with Crippen LogP contribution in [0.2, 0.25) is 0 Å². The average molecular weight is 351 g/mol. The molecule has 0 aliphatic carbocycles. The molecule has 9 heteroatoms. The third-order valence-electron chi connectivity index (χ3n) is 3.49. The molecule has 0 aliphatic rings. The molecule has 0 aromatic heterocycles. The number of nitrogen functional groups attached to an aromatic ring is 3. The zero-order valence-electron chi connectivity index (χ0n) is 13.2. The van der Waals surface area contributed by atoms with Crippen LogP contribution in [0.5, 0.6) is 0 Å². The minimum absolute atomic E-state index is 0.133. The summed E-state index contributed by atoms with van der Waals surface area (Å²) in [7, 11) is 0. The maximum Gasteiger partial charge on any atom is 0.417 e. The molecule has 2 aromatic carbocycles. The highest BCUT2D eigenvalue weighted by Crippen LogP contribution is 2.35. The van der Waals surface area contributed by atoms with Gasteiger partial charge in [-0.05, 0) is 37.3 Å². The van der Waals surface area contributed by atoms with Crippen molar-refractivity contribution < 1.29 is 18.0 Å². The number of rotatable bonds is 3. The van der Waals surface area contributed by atoms with Gasteiger partial charge >= 0.3 is 6.18 Å². The number of alkyl halides is 3. The maximum absolute atomic E-state index is 13.2. The molecule has 0 saturated heterocycles. The highest BCUT2D eigenvalue weighted by atomic mass is 19.4. The van der Waals surface area contributed by atoms with Crippen molar-refractivity contribution in [1.29, 1.82) is 5.41 Å². The van der Waals surface area contributed by atoms with Crippen molar-refractivity contribution in [1.82, 2.24) is 0 Å². The lowest BCUT2D eigenvalue weighted by molar-refractivity contribution is -0.137. The van der Waals surface area contributed by atoms with Gasteiger partial charge < -0.3 is 27.9 Å². The van der Waals surface area contributed by atoms with Gasteiger partial charge in [0.1, 0.15) is 0 Å². The van der Waals surface area contributed by atoms with Crippen LogP contribution in [-0.2, 0) is 6.18 Å². The first-order valence-corrected chi connectivity index (χ1v) is 7.03. The van der Waals surface area contributed by atoms with E-state index in [1.54, 1.807) is 0 Å². The highest BCUT2D eigenvalue weighted by Gasteiger charge is 2.36. The standard InChI is InChI=1S/C16H16F3N5O/c1-7(20)9-4-8(2-3-12(9)21)24-15(25)10-5-13(22)14(23)6-11(10)16(17,18)19/h2-6,20H,21-23H2,1H3,(H,24,25). The fourth-order valence-electron chi connectivity index (χ4n) is 2.21. The van der Waals surface area contributed by atoms with Gasteiger partial charge in [0.05, 0.1) is 22.5 Å². The van der Waals surface area contributed by atoms with Crippen molar-refractivity contribution in [3.05, 3.63) is 47.0 Å². The van der Waals surface area contributed by atoms with E-state index in [2.05, 4.69) is 5.32 Å². The van der Waals surface area contributed by atoms with Crippen molar-refractivity contribution in [3.63, 3.8) is 0 Å². The number of nitrogens with two attached hydrogens (primary N) is 3. The number of amides is 1. The lowest BCUT2D eigenvalue weighted by Gasteiger charge is -2.15. The predicted molar refractivity (Wildman–Crippen MR) is 91.6 cm³/mol. The maximum atomic E-state index is 13.2. The summed E-state index contributed by atoms with van der Waals surface area (Å²) in [6.45, 7) is 1.50. The van der Waals surface area contributed by atoms with Crippen LogP contribution in [-0.4, -0.2) is 11.6 Å². The summed E-state index contributed by atoms with van der Waals surface area (Å²) in [6.07, 6.45) is -4.77. The molecule has 0 fully saturated rings. The smallest absolute Gasteiger partial charge is 0.398 e. The Morgan fingerprint density at radius 3 is 2.16 bits per heavy atom. The van der Waals surface area contributed by atoms with Gasteiger partial charge in [-0.2, -0.15) is 13.2 Å². The fraction of sp³-hybridized carbons (Fsp3) is 0.125. The third kappa shape index (κ3) is 3.82. The Balaban J connectivity index is 2.44.